The highest BCUT2D eigenvalue weighted by atomic mass is 19.4. The van der Waals surface area contributed by atoms with Gasteiger partial charge in [0.25, 0.3) is 5.91 Å². The van der Waals surface area contributed by atoms with Gasteiger partial charge in [0.05, 0.1) is 18.7 Å². The number of carbonyl (C=O) groups is 1. The summed E-state index contributed by atoms with van der Waals surface area (Å²) < 4.78 is 57.5. The van der Waals surface area contributed by atoms with Crippen LogP contribution in [0.4, 0.5) is 17.6 Å². The van der Waals surface area contributed by atoms with E-state index < -0.39 is 30.0 Å². The van der Waals surface area contributed by atoms with E-state index in [4.69, 9.17) is 4.74 Å². The van der Waals surface area contributed by atoms with E-state index in [1.165, 1.54) is 17.0 Å². The zero-order valence-corrected chi connectivity index (χ0v) is 18.4. The fourth-order valence-corrected chi connectivity index (χ4v) is 4.48. The molecule has 0 spiro atoms. The van der Waals surface area contributed by atoms with Gasteiger partial charge < -0.3 is 10.1 Å². The second kappa shape index (κ2) is 9.35. The zero-order valence-electron chi connectivity index (χ0n) is 18.4. The summed E-state index contributed by atoms with van der Waals surface area (Å²) in [7, 11) is 0. The first-order valence-corrected chi connectivity index (χ1v) is 11.0. The van der Waals surface area contributed by atoms with Crippen molar-refractivity contribution in [2.45, 2.75) is 58.2 Å². The van der Waals surface area contributed by atoms with Crippen LogP contribution in [0.2, 0.25) is 0 Å². The fraction of sp³-hybridized carbons (Fsp3) is 0.696. The molecule has 2 aliphatic rings. The molecule has 1 amide bonds. The van der Waals surface area contributed by atoms with Gasteiger partial charge in [0.2, 0.25) is 0 Å². The number of hydrogen-bond acceptors (Lipinski definition) is 3. The summed E-state index contributed by atoms with van der Waals surface area (Å²) in [5, 5.41) is 2.73. The topological polar surface area (TPSA) is 41.6 Å². The number of amides is 1. The highest BCUT2D eigenvalue weighted by molar-refractivity contribution is 5.95. The number of likely N-dealkylation sites (tertiary alicyclic amines) is 1. The zero-order chi connectivity index (χ0) is 22.8. The minimum atomic E-state index is -4.12. The van der Waals surface area contributed by atoms with Gasteiger partial charge in [-0.05, 0) is 89.4 Å². The molecule has 0 aromatic heterocycles. The largest absolute Gasteiger partial charge is 0.493 e. The van der Waals surface area contributed by atoms with E-state index in [0.29, 0.717) is 43.2 Å². The second-order valence-corrected chi connectivity index (χ2v) is 9.87. The van der Waals surface area contributed by atoms with Crippen LogP contribution in [0.3, 0.4) is 0 Å². The van der Waals surface area contributed by atoms with E-state index in [-0.39, 0.29) is 5.56 Å². The molecule has 0 radical (unpaired) electrons. The maximum atomic E-state index is 14.3. The van der Waals surface area contributed by atoms with Crippen molar-refractivity contribution in [3.8, 4) is 5.75 Å². The SMILES string of the molecule is CC(C)(C)NC(=O)c1ccc(OCCC2C[C@@H]2C2CCN(CC(F)(F)F)CC2)cc1F. The summed E-state index contributed by atoms with van der Waals surface area (Å²) in [5.41, 5.74) is -0.463. The number of ether oxygens (including phenoxy) is 1. The second-order valence-electron chi connectivity index (χ2n) is 9.87. The van der Waals surface area contributed by atoms with Crippen molar-refractivity contribution in [1.29, 1.82) is 0 Å². The average molecular weight is 445 g/mol. The quantitative estimate of drug-likeness (QED) is 0.600. The number of benzene rings is 1. The highest BCUT2D eigenvalue weighted by Crippen LogP contribution is 2.49. The molecule has 1 aliphatic heterocycles. The minimum absolute atomic E-state index is 0.0126. The molecule has 4 nitrogen and oxygen atoms in total. The molecule has 174 valence electrons. The molecule has 1 aliphatic carbocycles. The van der Waals surface area contributed by atoms with Crippen molar-refractivity contribution in [3.05, 3.63) is 29.6 Å². The highest BCUT2D eigenvalue weighted by Gasteiger charge is 2.44. The van der Waals surface area contributed by atoms with Crippen molar-refractivity contribution >= 4 is 5.91 Å². The lowest BCUT2D eigenvalue weighted by molar-refractivity contribution is -0.148. The predicted octanol–water partition coefficient (Wildman–Crippen LogP) is 5.03. The number of nitrogens with one attached hydrogen (secondary N) is 1. The van der Waals surface area contributed by atoms with Gasteiger partial charge in [-0.15, -0.1) is 0 Å². The standard InChI is InChI=1S/C23H32F4N2O2/c1-22(2,3)28-21(30)18-5-4-17(13-20(18)24)31-11-8-16-12-19(16)15-6-9-29(10-7-15)14-23(25,26)27/h4-5,13,15-16,19H,6-12,14H2,1-3H3,(H,28,30)/t16?,19-/m1/s1. The number of nitrogens with zero attached hydrogens (tertiary/aromatic N) is 1. The molecule has 1 heterocycles. The molecule has 2 atom stereocenters. The van der Waals surface area contributed by atoms with Crippen molar-refractivity contribution < 1.29 is 27.1 Å². The first-order chi connectivity index (χ1) is 14.4. The molecule has 3 rings (SSSR count). The van der Waals surface area contributed by atoms with Crippen molar-refractivity contribution in [1.82, 2.24) is 10.2 Å². The predicted molar refractivity (Wildman–Crippen MR) is 111 cm³/mol. The van der Waals surface area contributed by atoms with Crippen LogP contribution in [0.25, 0.3) is 0 Å². The fourth-order valence-electron chi connectivity index (χ4n) is 4.48. The van der Waals surface area contributed by atoms with Crippen molar-refractivity contribution in [2.24, 2.45) is 17.8 Å². The van der Waals surface area contributed by atoms with Crippen molar-refractivity contribution in [2.75, 3.05) is 26.2 Å². The number of hydrogen-bond donors (Lipinski definition) is 1. The average Bonchev–Trinajstić information content (AvgIpc) is 3.39. The van der Waals surface area contributed by atoms with Crippen LogP contribution in [-0.2, 0) is 0 Å². The van der Waals surface area contributed by atoms with Crippen molar-refractivity contribution in [3.63, 3.8) is 0 Å². The van der Waals surface area contributed by atoms with Crippen LogP contribution in [0.15, 0.2) is 18.2 Å². The van der Waals surface area contributed by atoms with Crippen LogP contribution in [-0.4, -0.2) is 48.8 Å². The maximum absolute atomic E-state index is 14.3. The molecule has 1 aromatic rings. The van der Waals surface area contributed by atoms with Gasteiger partial charge in [-0.3, -0.25) is 9.69 Å². The van der Waals surface area contributed by atoms with Crippen LogP contribution in [0.5, 0.6) is 5.75 Å². The molecule has 1 N–H and O–H groups in total. The van der Waals surface area contributed by atoms with Gasteiger partial charge in [0.1, 0.15) is 11.6 Å². The van der Waals surface area contributed by atoms with Gasteiger partial charge in [-0.2, -0.15) is 13.2 Å². The summed E-state index contributed by atoms with van der Waals surface area (Å²) in [5.74, 6) is 0.903. The Balaban J connectivity index is 1.38. The first-order valence-electron chi connectivity index (χ1n) is 11.0. The Labute approximate surface area is 181 Å². The molecular formula is C23H32F4N2O2. The third-order valence-electron chi connectivity index (χ3n) is 6.05. The molecule has 31 heavy (non-hydrogen) atoms. The normalized spacial score (nSPS) is 22.9. The van der Waals surface area contributed by atoms with E-state index >= 15 is 0 Å². The summed E-state index contributed by atoms with van der Waals surface area (Å²) in [6, 6.07) is 4.26. The molecular weight excluding hydrogens is 412 g/mol. The van der Waals surface area contributed by atoms with Crippen LogP contribution < -0.4 is 10.1 Å². The van der Waals surface area contributed by atoms with Crippen LogP contribution >= 0.6 is 0 Å². The number of alkyl halides is 3. The molecule has 2 fully saturated rings. The molecule has 0 bridgehead atoms. The molecule has 1 aromatic carbocycles. The Morgan fingerprint density at radius 1 is 1.19 bits per heavy atom. The molecule has 8 heteroatoms. The number of halogens is 4. The lowest BCUT2D eigenvalue weighted by Gasteiger charge is -2.32. The Kier molecular flexibility index (Phi) is 7.18. The smallest absolute Gasteiger partial charge is 0.401 e. The molecule has 1 saturated heterocycles. The third kappa shape index (κ3) is 7.37. The number of carbonyl (C=O) groups excluding carboxylic acids is 1. The third-order valence-corrected chi connectivity index (χ3v) is 6.05. The Bertz CT molecular complexity index is 768. The van der Waals surface area contributed by atoms with Gasteiger partial charge in [-0.1, -0.05) is 0 Å². The van der Waals surface area contributed by atoms with Gasteiger partial charge >= 0.3 is 6.18 Å². The molecule has 1 saturated carbocycles. The van der Waals surface area contributed by atoms with Gasteiger partial charge in [0.15, 0.2) is 0 Å². The minimum Gasteiger partial charge on any atom is -0.493 e. The van der Waals surface area contributed by atoms with Crippen LogP contribution in [0.1, 0.15) is 56.8 Å². The summed E-state index contributed by atoms with van der Waals surface area (Å²) in [6.07, 6.45) is -0.544. The lowest BCUT2D eigenvalue weighted by atomic mass is 9.90. The Morgan fingerprint density at radius 3 is 2.45 bits per heavy atom. The van der Waals surface area contributed by atoms with Crippen LogP contribution in [0, 0.1) is 23.6 Å². The van der Waals surface area contributed by atoms with E-state index in [1.807, 2.05) is 20.8 Å². The summed E-state index contributed by atoms with van der Waals surface area (Å²) in [4.78, 5) is 13.6. The number of piperidine rings is 1. The Hall–Kier alpha value is -1.83. The number of rotatable bonds is 7. The summed E-state index contributed by atoms with van der Waals surface area (Å²) in [6.45, 7) is 6.17. The van der Waals surface area contributed by atoms with E-state index in [0.717, 1.165) is 25.7 Å². The Morgan fingerprint density at radius 2 is 1.87 bits per heavy atom. The van der Waals surface area contributed by atoms with Gasteiger partial charge in [0, 0.05) is 11.6 Å². The van der Waals surface area contributed by atoms with E-state index in [9.17, 15) is 22.4 Å². The first kappa shape index (κ1) is 23.8. The lowest BCUT2D eigenvalue weighted by Crippen LogP contribution is -2.40. The van der Waals surface area contributed by atoms with E-state index in [2.05, 4.69) is 5.32 Å². The summed E-state index contributed by atoms with van der Waals surface area (Å²) >= 11 is 0. The van der Waals surface area contributed by atoms with Gasteiger partial charge in [-0.25, -0.2) is 4.39 Å². The molecule has 1 unspecified atom stereocenters. The van der Waals surface area contributed by atoms with E-state index in [1.54, 1.807) is 6.07 Å². The maximum Gasteiger partial charge on any atom is 0.401 e. The monoisotopic (exact) mass is 444 g/mol.